The van der Waals surface area contributed by atoms with Crippen molar-refractivity contribution in [2.45, 2.75) is 0 Å². The first-order valence-electron chi connectivity index (χ1n) is 4.60. The Bertz CT molecular complexity index is 527. The van der Waals surface area contributed by atoms with E-state index in [1.807, 2.05) is 7.05 Å². The van der Waals surface area contributed by atoms with Crippen molar-refractivity contribution in [2.75, 3.05) is 26.6 Å². The molecule has 1 N–H and O–H groups in total. The molecule has 1 aromatic carbocycles. The molecular weight excluding hydrogens is 248 g/mol. The van der Waals surface area contributed by atoms with Crippen LogP contribution in [0.15, 0.2) is 6.07 Å². The zero-order valence-corrected chi connectivity index (χ0v) is 10.7. The molecule has 0 saturated carbocycles. The molecule has 0 unspecified atom stereocenters. The molecule has 0 radical (unpaired) electrons. The molecule has 2 rings (SSSR count). The number of nitrogens with zero attached hydrogens (tertiary/aromatic N) is 1. The van der Waals surface area contributed by atoms with Gasteiger partial charge in [-0.15, -0.1) is 0 Å². The van der Waals surface area contributed by atoms with Crippen molar-refractivity contribution in [1.29, 1.82) is 0 Å². The topological polar surface area (TPSA) is 43.4 Å². The van der Waals surface area contributed by atoms with Crippen LogP contribution in [0.3, 0.4) is 0 Å². The van der Waals surface area contributed by atoms with Crippen molar-refractivity contribution in [1.82, 2.24) is 4.98 Å². The molecule has 6 heteroatoms. The van der Waals surface area contributed by atoms with Crippen LogP contribution in [0.5, 0.6) is 11.5 Å². The predicted molar refractivity (Wildman–Crippen MR) is 67.3 cm³/mol. The van der Waals surface area contributed by atoms with Gasteiger partial charge in [-0.25, -0.2) is 4.98 Å². The van der Waals surface area contributed by atoms with E-state index in [9.17, 15) is 0 Å². The van der Waals surface area contributed by atoms with Gasteiger partial charge in [-0.2, -0.15) is 0 Å². The minimum absolute atomic E-state index is 0.526. The van der Waals surface area contributed by atoms with E-state index in [2.05, 4.69) is 10.3 Å². The summed E-state index contributed by atoms with van der Waals surface area (Å²) in [6.07, 6.45) is 0. The van der Waals surface area contributed by atoms with E-state index in [4.69, 9.17) is 21.1 Å². The highest BCUT2D eigenvalue weighted by Crippen LogP contribution is 2.43. The second kappa shape index (κ2) is 4.35. The molecule has 0 spiro atoms. The monoisotopic (exact) mass is 258 g/mol. The fourth-order valence-electron chi connectivity index (χ4n) is 1.45. The zero-order valence-electron chi connectivity index (χ0n) is 9.13. The van der Waals surface area contributed by atoms with Crippen molar-refractivity contribution >= 4 is 38.3 Å². The Morgan fingerprint density at radius 3 is 2.69 bits per heavy atom. The van der Waals surface area contributed by atoms with Gasteiger partial charge >= 0.3 is 0 Å². The molecule has 2 aromatic rings. The van der Waals surface area contributed by atoms with E-state index >= 15 is 0 Å². The predicted octanol–water partition coefficient (Wildman–Crippen LogP) is 3.01. The summed E-state index contributed by atoms with van der Waals surface area (Å²) in [6, 6.07) is 1.71. The zero-order chi connectivity index (χ0) is 11.7. The van der Waals surface area contributed by atoms with E-state index < -0.39 is 0 Å². The highest BCUT2D eigenvalue weighted by atomic mass is 35.5. The molecule has 1 aromatic heterocycles. The van der Waals surface area contributed by atoms with E-state index in [0.717, 1.165) is 15.3 Å². The van der Waals surface area contributed by atoms with Crippen molar-refractivity contribution < 1.29 is 9.47 Å². The lowest BCUT2D eigenvalue weighted by Crippen LogP contribution is -1.89. The number of anilines is 1. The molecule has 0 atom stereocenters. The molecule has 0 bridgehead atoms. The van der Waals surface area contributed by atoms with E-state index in [-0.39, 0.29) is 0 Å². The maximum atomic E-state index is 6.09. The first-order chi connectivity index (χ1) is 7.71. The first kappa shape index (κ1) is 11.3. The molecule has 16 heavy (non-hydrogen) atoms. The Morgan fingerprint density at radius 1 is 1.38 bits per heavy atom. The summed E-state index contributed by atoms with van der Waals surface area (Å²) >= 11 is 7.57. The lowest BCUT2D eigenvalue weighted by Gasteiger charge is -2.06. The second-order valence-corrected chi connectivity index (χ2v) is 4.45. The summed E-state index contributed by atoms with van der Waals surface area (Å²) < 4.78 is 11.4. The smallest absolute Gasteiger partial charge is 0.183 e. The van der Waals surface area contributed by atoms with E-state index in [1.54, 1.807) is 20.3 Å². The van der Waals surface area contributed by atoms with E-state index in [0.29, 0.717) is 16.5 Å². The van der Waals surface area contributed by atoms with Crippen LogP contribution >= 0.6 is 22.9 Å². The van der Waals surface area contributed by atoms with Crippen molar-refractivity contribution in [3.05, 3.63) is 11.1 Å². The Morgan fingerprint density at radius 2 is 2.12 bits per heavy atom. The SMILES string of the molecule is CNc1nc2c(OC)cc(Cl)c(OC)c2s1. The van der Waals surface area contributed by atoms with Gasteiger partial charge in [0.25, 0.3) is 0 Å². The van der Waals surface area contributed by atoms with Gasteiger partial charge in [0, 0.05) is 13.1 Å². The molecule has 0 saturated heterocycles. The maximum absolute atomic E-state index is 6.09. The lowest BCUT2D eigenvalue weighted by atomic mass is 10.3. The number of methoxy groups -OCH3 is 2. The van der Waals surface area contributed by atoms with Gasteiger partial charge in [0.1, 0.15) is 16.0 Å². The van der Waals surface area contributed by atoms with Crippen molar-refractivity contribution in [3.63, 3.8) is 0 Å². The van der Waals surface area contributed by atoms with Crippen LogP contribution in [0.1, 0.15) is 0 Å². The molecule has 0 aliphatic heterocycles. The number of aromatic nitrogens is 1. The third-order valence-corrected chi connectivity index (χ3v) is 3.53. The van der Waals surface area contributed by atoms with Crippen LogP contribution in [0.25, 0.3) is 10.2 Å². The standard InChI is InChI=1S/C10H11ClN2O2S/c1-12-10-13-7-6(14-2)4-5(11)8(15-3)9(7)16-10/h4H,1-3H3,(H,12,13). The van der Waals surface area contributed by atoms with Gasteiger partial charge in [-0.05, 0) is 0 Å². The number of ether oxygens (including phenoxy) is 2. The van der Waals surface area contributed by atoms with Crippen LogP contribution in [0, 0.1) is 0 Å². The second-order valence-electron chi connectivity index (χ2n) is 3.04. The normalized spacial score (nSPS) is 10.5. The van der Waals surface area contributed by atoms with Crippen LogP contribution in [-0.2, 0) is 0 Å². The van der Waals surface area contributed by atoms with Crippen molar-refractivity contribution in [2.24, 2.45) is 0 Å². The third-order valence-electron chi connectivity index (χ3n) is 2.18. The van der Waals surface area contributed by atoms with E-state index in [1.165, 1.54) is 11.3 Å². The Kier molecular flexibility index (Phi) is 3.07. The minimum atomic E-state index is 0.526. The number of nitrogens with one attached hydrogen (secondary N) is 1. The molecular formula is C10H11ClN2O2S. The average Bonchev–Trinajstić information content (AvgIpc) is 2.71. The summed E-state index contributed by atoms with van der Waals surface area (Å²) in [5, 5.41) is 4.32. The molecule has 0 fully saturated rings. The largest absolute Gasteiger partial charge is 0.494 e. The number of halogens is 1. The van der Waals surface area contributed by atoms with Crippen LogP contribution in [0.2, 0.25) is 5.02 Å². The summed E-state index contributed by atoms with van der Waals surface area (Å²) in [5.74, 6) is 1.29. The molecule has 0 aliphatic rings. The Hall–Kier alpha value is -1.20. The number of benzene rings is 1. The van der Waals surface area contributed by atoms with Gasteiger partial charge in [0.15, 0.2) is 10.9 Å². The first-order valence-corrected chi connectivity index (χ1v) is 5.79. The van der Waals surface area contributed by atoms with Gasteiger partial charge < -0.3 is 14.8 Å². The van der Waals surface area contributed by atoms with Gasteiger partial charge in [0.05, 0.1) is 19.2 Å². The highest BCUT2D eigenvalue weighted by Gasteiger charge is 2.16. The van der Waals surface area contributed by atoms with Crippen LogP contribution in [0.4, 0.5) is 5.13 Å². The van der Waals surface area contributed by atoms with Crippen molar-refractivity contribution in [3.8, 4) is 11.5 Å². The number of hydrogen-bond donors (Lipinski definition) is 1. The minimum Gasteiger partial charge on any atom is -0.494 e. The highest BCUT2D eigenvalue weighted by molar-refractivity contribution is 7.22. The molecule has 0 amide bonds. The molecule has 4 nitrogen and oxygen atoms in total. The molecule has 0 aliphatic carbocycles. The Balaban J connectivity index is 2.79. The summed E-state index contributed by atoms with van der Waals surface area (Å²) in [5.41, 5.74) is 0.762. The van der Waals surface area contributed by atoms with Gasteiger partial charge in [0.2, 0.25) is 0 Å². The third kappa shape index (κ3) is 1.66. The molecule has 86 valence electrons. The fraction of sp³-hybridized carbons (Fsp3) is 0.300. The molecule has 1 heterocycles. The summed E-state index contributed by atoms with van der Waals surface area (Å²) in [4.78, 5) is 4.40. The number of thiazole rings is 1. The van der Waals surface area contributed by atoms with Crippen LogP contribution in [-0.4, -0.2) is 26.3 Å². The quantitative estimate of drug-likeness (QED) is 0.919. The Labute approximate surface area is 102 Å². The van der Waals surface area contributed by atoms with Gasteiger partial charge in [-0.3, -0.25) is 0 Å². The maximum Gasteiger partial charge on any atom is 0.183 e. The number of rotatable bonds is 3. The summed E-state index contributed by atoms with van der Waals surface area (Å²) in [7, 11) is 5.00. The van der Waals surface area contributed by atoms with Crippen LogP contribution < -0.4 is 14.8 Å². The number of fused-ring (bicyclic) bond motifs is 1. The lowest BCUT2D eigenvalue weighted by molar-refractivity contribution is 0.410. The summed E-state index contributed by atoms with van der Waals surface area (Å²) in [6.45, 7) is 0. The van der Waals surface area contributed by atoms with Gasteiger partial charge in [-0.1, -0.05) is 22.9 Å². The number of hydrogen-bond acceptors (Lipinski definition) is 5. The fourth-order valence-corrected chi connectivity index (χ4v) is 2.74. The average molecular weight is 259 g/mol.